The van der Waals surface area contributed by atoms with Crippen LogP contribution in [0.5, 0.6) is 0 Å². The van der Waals surface area contributed by atoms with E-state index < -0.39 is 0 Å². The minimum Gasteiger partial charge on any atom is -0.383 e. The van der Waals surface area contributed by atoms with E-state index in [1.54, 1.807) is 7.11 Å². The zero-order valence-corrected chi connectivity index (χ0v) is 13.7. The Morgan fingerprint density at radius 2 is 2.11 bits per heavy atom. The number of amides is 1. The molecule has 19 heavy (non-hydrogen) atoms. The van der Waals surface area contributed by atoms with E-state index in [-0.39, 0.29) is 36.1 Å². The summed E-state index contributed by atoms with van der Waals surface area (Å²) in [5, 5.41) is 6.24. The Labute approximate surface area is 128 Å². The average Bonchev–Trinajstić information content (AvgIpc) is 2.74. The topological polar surface area (TPSA) is 53.6 Å². The van der Waals surface area contributed by atoms with Crippen molar-refractivity contribution >= 4 is 30.7 Å². The molecule has 2 N–H and O–H groups in total. The van der Waals surface area contributed by atoms with Gasteiger partial charge in [0.1, 0.15) is 0 Å². The molecule has 116 valence electrons. The molecule has 0 aromatic rings. The monoisotopic (exact) mass is 315 g/mol. The Kier molecular flexibility index (Phi) is 11.9. The van der Waals surface area contributed by atoms with Gasteiger partial charge in [-0.25, -0.2) is 0 Å². The van der Waals surface area contributed by atoms with Crippen molar-refractivity contribution in [1.82, 2.24) is 15.5 Å². The van der Waals surface area contributed by atoms with E-state index in [1.807, 2.05) is 14.0 Å². The maximum atomic E-state index is 12.0. The normalized spacial score (nSPS) is 21.7. The first-order chi connectivity index (χ1) is 8.08. The Hall–Kier alpha value is -0.0700. The molecular formula is C12H27Cl2N3O2. The molecule has 0 saturated carbocycles. The summed E-state index contributed by atoms with van der Waals surface area (Å²) in [5.41, 5.74) is -0.217. The second-order valence-corrected chi connectivity index (χ2v) is 5.04. The standard InChI is InChI=1S/C12H25N3O2.2ClH/c1-12(4-5-13-10-12)11(16)14-6-7-15(2)8-9-17-3;;/h13H,4-10H2,1-3H3,(H,14,16);2*1H. The third-order valence-corrected chi connectivity index (χ3v) is 3.37. The molecule has 5 nitrogen and oxygen atoms in total. The third kappa shape index (κ3) is 7.32. The smallest absolute Gasteiger partial charge is 0.227 e. The fourth-order valence-electron chi connectivity index (χ4n) is 1.94. The number of halogens is 2. The van der Waals surface area contributed by atoms with E-state index in [0.717, 1.165) is 39.2 Å². The number of hydrogen-bond acceptors (Lipinski definition) is 4. The molecule has 7 heteroatoms. The molecule has 1 amide bonds. The first-order valence-corrected chi connectivity index (χ1v) is 6.25. The summed E-state index contributed by atoms with van der Waals surface area (Å²) >= 11 is 0. The second kappa shape index (κ2) is 10.7. The lowest BCUT2D eigenvalue weighted by atomic mass is 9.89. The maximum Gasteiger partial charge on any atom is 0.227 e. The fraction of sp³-hybridized carbons (Fsp3) is 0.917. The van der Waals surface area contributed by atoms with Gasteiger partial charge in [-0.05, 0) is 26.9 Å². The quantitative estimate of drug-likeness (QED) is 0.719. The van der Waals surface area contributed by atoms with Crippen LogP contribution in [0, 0.1) is 5.41 Å². The van der Waals surface area contributed by atoms with Crippen molar-refractivity contribution in [3.8, 4) is 0 Å². The van der Waals surface area contributed by atoms with Crippen LogP contribution >= 0.6 is 24.8 Å². The first kappa shape index (κ1) is 21.2. The number of likely N-dealkylation sites (N-methyl/N-ethyl adjacent to an activating group) is 1. The van der Waals surface area contributed by atoms with E-state index >= 15 is 0 Å². The van der Waals surface area contributed by atoms with Gasteiger partial charge >= 0.3 is 0 Å². The highest BCUT2D eigenvalue weighted by Gasteiger charge is 2.35. The van der Waals surface area contributed by atoms with Crippen molar-refractivity contribution in [2.24, 2.45) is 5.41 Å². The minimum absolute atomic E-state index is 0. The molecule has 1 saturated heterocycles. The van der Waals surface area contributed by atoms with Crippen LogP contribution in [-0.4, -0.2) is 64.3 Å². The van der Waals surface area contributed by atoms with E-state index in [2.05, 4.69) is 15.5 Å². The molecule has 0 spiro atoms. The molecule has 0 bridgehead atoms. The zero-order valence-electron chi connectivity index (χ0n) is 12.0. The Morgan fingerprint density at radius 1 is 1.42 bits per heavy atom. The predicted molar refractivity (Wildman–Crippen MR) is 82.5 cm³/mol. The van der Waals surface area contributed by atoms with Gasteiger partial charge in [0, 0.05) is 33.3 Å². The molecule has 1 heterocycles. The summed E-state index contributed by atoms with van der Waals surface area (Å²) < 4.78 is 5.00. The Balaban J connectivity index is 0. The van der Waals surface area contributed by atoms with Crippen LogP contribution in [0.15, 0.2) is 0 Å². The van der Waals surface area contributed by atoms with E-state index in [4.69, 9.17) is 4.74 Å². The molecule has 1 fully saturated rings. The van der Waals surface area contributed by atoms with E-state index in [0.29, 0.717) is 6.54 Å². The highest BCUT2D eigenvalue weighted by Crippen LogP contribution is 2.24. The van der Waals surface area contributed by atoms with Crippen molar-refractivity contribution < 1.29 is 9.53 Å². The summed E-state index contributed by atoms with van der Waals surface area (Å²) in [5.74, 6) is 0.169. The number of nitrogens with one attached hydrogen (secondary N) is 2. The van der Waals surface area contributed by atoms with Crippen molar-refractivity contribution in [2.75, 3.05) is 53.5 Å². The predicted octanol–water partition coefficient (Wildman–Crippen LogP) is 0.524. The van der Waals surface area contributed by atoms with Gasteiger partial charge in [-0.15, -0.1) is 24.8 Å². The van der Waals surface area contributed by atoms with Crippen molar-refractivity contribution in [1.29, 1.82) is 0 Å². The number of ether oxygens (including phenoxy) is 1. The lowest BCUT2D eigenvalue weighted by Gasteiger charge is -2.23. The van der Waals surface area contributed by atoms with Crippen molar-refractivity contribution in [3.05, 3.63) is 0 Å². The van der Waals surface area contributed by atoms with Crippen LogP contribution in [0.4, 0.5) is 0 Å². The lowest BCUT2D eigenvalue weighted by molar-refractivity contribution is -0.129. The molecule has 0 aliphatic carbocycles. The van der Waals surface area contributed by atoms with Crippen LogP contribution in [0.25, 0.3) is 0 Å². The van der Waals surface area contributed by atoms with Crippen LogP contribution < -0.4 is 10.6 Å². The number of carbonyl (C=O) groups excluding carboxylic acids is 1. The summed E-state index contributed by atoms with van der Waals surface area (Å²) in [7, 11) is 3.73. The van der Waals surface area contributed by atoms with Gasteiger partial charge in [-0.1, -0.05) is 0 Å². The molecule has 1 atom stereocenters. The van der Waals surface area contributed by atoms with Crippen LogP contribution in [-0.2, 0) is 9.53 Å². The number of carbonyl (C=O) groups is 1. The van der Waals surface area contributed by atoms with Gasteiger partial charge in [0.05, 0.1) is 12.0 Å². The van der Waals surface area contributed by atoms with Gasteiger partial charge in [0.2, 0.25) is 5.91 Å². The van der Waals surface area contributed by atoms with Crippen molar-refractivity contribution in [3.63, 3.8) is 0 Å². The second-order valence-electron chi connectivity index (χ2n) is 5.04. The SMILES string of the molecule is COCCN(C)CCNC(=O)C1(C)CCNC1.Cl.Cl. The van der Waals surface area contributed by atoms with Gasteiger partial charge in [0.15, 0.2) is 0 Å². The van der Waals surface area contributed by atoms with Gasteiger partial charge in [-0.3, -0.25) is 4.79 Å². The minimum atomic E-state index is -0.217. The van der Waals surface area contributed by atoms with Crippen molar-refractivity contribution in [2.45, 2.75) is 13.3 Å². The Morgan fingerprint density at radius 3 is 2.63 bits per heavy atom. The third-order valence-electron chi connectivity index (χ3n) is 3.37. The van der Waals surface area contributed by atoms with Crippen LogP contribution in [0.1, 0.15) is 13.3 Å². The number of rotatable bonds is 7. The zero-order chi connectivity index (χ0) is 12.7. The van der Waals surface area contributed by atoms with Gasteiger partial charge in [-0.2, -0.15) is 0 Å². The molecule has 1 aliphatic rings. The van der Waals surface area contributed by atoms with E-state index in [1.165, 1.54) is 0 Å². The lowest BCUT2D eigenvalue weighted by Crippen LogP contribution is -2.43. The van der Waals surface area contributed by atoms with Gasteiger partial charge < -0.3 is 20.3 Å². The molecular weight excluding hydrogens is 289 g/mol. The molecule has 0 radical (unpaired) electrons. The van der Waals surface area contributed by atoms with Gasteiger partial charge in [0.25, 0.3) is 0 Å². The van der Waals surface area contributed by atoms with Crippen LogP contribution in [0.3, 0.4) is 0 Å². The maximum absolute atomic E-state index is 12.0. The summed E-state index contributed by atoms with van der Waals surface area (Å²) in [4.78, 5) is 14.1. The fourth-order valence-corrected chi connectivity index (χ4v) is 1.94. The first-order valence-electron chi connectivity index (χ1n) is 6.25. The number of methoxy groups -OCH3 is 1. The molecule has 1 rings (SSSR count). The number of hydrogen-bond donors (Lipinski definition) is 2. The summed E-state index contributed by atoms with van der Waals surface area (Å²) in [6, 6.07) is 0. The summed E-state index contributed by atoms with van der Waals surface area (Å²) in [6.07, 6.45) is 0.929. The average molecular weight is 316 g/mol. The highest BCUT2D eigenvalue weighted by molar-refractivity contribution is 5.85. The highest BCUT2D eigenvalue weighted by atomic mass is 35.5. The van der Waals surface area contributed by atoms with Crippen LogP contribution in [0.2, 0.25) is 0 Å². The summed E-state index contributed by atoms with van der Waals surface area (Å²) in [6.45, 7) is 6.94. The molecule has 0 aromatic heterocycles. The van der Waals surface area contributed by atoms with E-state index in [9.17, 15) is 4.79 Å². The molecule has 0 aromatic carbocycles. The largest absolute Gasteiger partial charge is 0.383 e. The molecule has 1 unspecified atom stereocenters. The molecule has 1 aliphatic heterocycles. The Bertz CT molecular complexity index is 249. The number of nitrogens with zero attached hydrogens (tertiary/aromatic N) is 1.